The van der Waals surface area contributed by atoms with Crippen LogP contribution < -0.4 is 10.1 Å². The predicted octanol–water partition coefficient (Wildman–Crippen LogP) is 1.55. The molecule has 1 aromatic rings. The van der Waals surface area contributed by atoms with Gasteiger partial charge in [-0.2, -0.15) is 5.10 Å². The number of carbonyl (C=O) groups excluding carboxylic acids is 1. The minimum Gasteiger partial charge on any atom is -0.497 e. The number of hydrogen-bond donors (Lipinski definition) is 2. The Morgan fingerprint density at radius 1 is 1.50 bits per heavy atom. The van der Waals surface area contributed by atoms with E-state index in [4.69, 9.17) is 17.0 Å². The molecule has 2 aliphatic heterocycles. The number of carboxylic acid groups (broad SMARTS) is 1. The van der Waals surface area contributed by atoms with Gasteiger partial charge in [-0.15, -0.1) is 0 Å². The highest BCUT2D eigenvalue weighted by atomic mass is 32.2. The number of benzene rings is 1. The van der Waals surface area contributed by atoms with E-state index >= 15 is 0 Å². The third-order valence-electron chi connectivity index (χ3n) is 3.54. The standard InChI is InChI=1S/C15H13N3O4S2/c1-22-9-4-2-8(3-5-9)10-6-11(14(20)21)18(17-10)7-12-13(19)16-15(23)24-12/h2-5,7,11H,6H2,1H3,(H,20,21)(H,16,19,23)/b12-7-. The monoisotopic (exact) mass is 363 g/mol. The van der Waals surface area contributed by atoms with Gasteiger partial charge >= 0.3 is 5.97 Å². The van der Waals surface area contributed by atoms with Crippen molar-refractivity contribution in [2.75, 3.05) is 7.11 Å². The van der Waals surface area contributed by atoms with Gasteiger partial charge in [0.1, 0.15) is 10.1 Å². The van der Waals surface area contributed by atoms with Crippen LogP contribution >= 0.6 is 24.0 Å². The Labute approximate surface area is 147 Å². The van der Waals surface area contributed by atoms with E-state index in [1.54, 1.807) is 19.2 Å². The number of hydrazone groups is 1. The molecule has 0 saturated carbocycles. The maximum atomic E-state index is 11.7. The molecule has 1 aromatic carbocycles. The summed E-state index contributed by atoms with van der Waals surface area (Å²) in [7, 11) is 1.57. The second kappa shape index (κ2) is 6.62. The largest absolute Gasteiger partial charge is 0.497 e. The molecule has 0 aromatic heterocycles. The molecule has 7 nitrogen and oxygen atoms in total. The number of thiocarbonyl (C=S) groups is 1. The number of nitrogens with zero attached hydrogens (tertiary/aromatic N) is 2. The molecule has 1 saturated heterocycles. The van der Waals surface area contributed by atoms with E-state index in [0.29, 0.717) is 20.7 Å². The van der Waals surface area contributed by atoms with Gasteiger partial charge in [-0.3, -0.25) is 9.80 Å². The normalized spacial score (nSPS) is 21.9. The molecule has 124 valence electrons. The first-order chi connectivity index (χ1) is 11.5. The van der Waals surface area contributed by atoms with E-state index in [1.165, 1.54) is 11.2 Å². The Bertz CT molecular complexity index is 773. The maximum Gasteiger partial charge on any atom is 0.328 e. The number of amides is 1. The van der Waals surface area contributed by atoms with E-state index in [9.17, 15) is 14.7 Å². The van der Waals surface area contributed by atoms with Crippen LogP contribution in [0.1, 0.15) is 12.0 Å². The SMILES string of the molecule is COc1ccc(C2=NN(/C=C3\SC(=S)NC3=O)C(C(=O)O)C2)cc1. The summed E-state index contributed by atoms with van der Waals surface area (Å²) in [5.74, 6) is -0.647. The first kappa shape index (κ1) is 16.5. The molecule has 0 aliphatic carbocycles. The van der Waals surface area contributed by atoms with E-state index < -0.39 is 12.0 Å². The van der Waals surface area contributed by atoms with Gasteiger partial charge in [0.2, 0.25) is 0 Å². The molecule has 2 N–H and O–H groups in total. The van der Waals surface area contributed by atoms with Crippen molar-refractivity contribution in [3.63, 3.8) is 0 Å². The third kappa shape index (κ3) is 3.26. The number of rotatable bonds is 4. The maximum absolute atomic E-state index is 11.7. The lowest BCUT2D eigenvalue weighted by Gasteiger charge is -2.15. The van der Waals surface area contributed by atoms with Gasteiger partial charge < -0.3 is 15.2 Å². The molecule has 0 bridgehead atoms. The average Bonchev–Trinajstić information content (AvgIpc) is 3.11. The average molecular weight is 363 g/mol. The zero-order valence-corrected chi connectivity index (χ0v) is 14.2. The highest BCUT2D eigenvalue weighted by Gasteiger charge is 2.34. The van der Waals surface area contributed by atoms with Crippen molar-refractivity contribution in [2.45, 2.75) is 12.5 Å². The minimum atomic E-state index is -1.01. The Balaban J connectivity index is 1.89. The summed E-state index contributed by atoms with van der Waals surface area (Å²) >= 11 is 6.01. The van der Waals surface area contributed by atoms with Crippen LogP contribution in [0.5, 0.6) is 5.75 Å². The number of ether oxygens (including phenoxy) is 1. The first-order valence-electron chi connectivity index (χ1n) is 6.96. The molecular weight excluding hydrogens is 350 g/mol. The van der Waals surface area contributed by atoms with Crippen molar-refractivity contribution in [3.05, 3.63) is 40.9 Å². The molecule has 2 heterocycles. The molecule has 2 aliphatic rings. The summed E-state index contributed by atoms with van der Waals surface area (Å²) in [6, 6.07) is 6.34. The van der Waals surface area contributed by atoms with Crippen molar-refractivity contribution in [1.82, 2.24) is 10.3 Å². The number of aliphatic carboxylic acids is 1. The molecule has 9 heteroatoms. The fourth-order valence-corrected chi connectivity index (χ4v) is 3.35. The molecule has 1 atom stereocenters. The van der Waals surface area contributed by atoms with Gasteiger partial charge in [0.25, 0.3) is 5.91 Å². The van der Waals surface area contributed by atoms with Crippen molar-refractivity contribution in [3.8, 4) is 5.75 Å². The Morgan fingerprint density at radius 2 is 2.21 bits per heavy atom. The highest BCUT2D eigenvalue weighted by molar-refractivity contribution is 8.26. The lowest BCUT2D eigenvalue weighted by molar-refractivity contribution is -0.141. The van der Waals surface area contributed by atoms with Crippen LogP contribution in [0.2, 0.25) is 0 Å². The highest BCUT2D eigenvalue weighted by Crippen LogP contribution is 2.28. The molecule has 3 rings (SSSR count). The summed E-state index contributed by atoms with van der Waals surface area (Å²) < 4.78 is 5.45. The Morgan fingerprint density at radius 3 is 2.75 bits per heavy atom. The lowest BCUT2D eigenvalue weighted by atomic mass is 10.0. The van der Waals surface area contributed by atoms with E-state index in [1.807, 2.05) is 12.1 Å². The summed E-state index contributed by atoms with van der Waals surface area (Å²) in [4.78, 5) is 23.6. The molecule has 1 fully saturated rings. The van der Waals surface area contributed by atoms with Gasteiger partial charge in [0.15, 0.2) is 6.04 Å². The van der Waals surface area contributed by atoms with Crippen LogP contribution in [0.3, 0.4) is 0 Å². The summed E-state index contributed by atoms with van der Waals surface area (Å²) in [5.41, 5.74) is 1.44. The molecule has 1 amide bonds. The van der Waals surface area contributed by atoms with E-state index in [-0.39, 0.29) is 12.3 Å². The number of thioether (sulfide) groups is 1. The van der Waals surface area contributed by atoms with Crippen LogP contribution in [0.4, 0.5) is 0 Å². The number of hydrogen-bond acceptors (Lipinski definition) is 7. The van der Waals surface area contributed by atoms with Gasteiger partial charge in [0.05, 0.1) is 17.7 Å². The van der Waals surface area contributed by atoms with E-state index in [2.05, 4.69) is 10.4 Å². The Kier molecular flexibility index (Phi) is 4.54. The molecule has 1 unspecified atom stereocenters. The first-order valence-corrected chi connectivity index (χ1v) is 8.18. The van der Waals surface area contributed by atoms with Crippen LogP contribution in [0, 0.1) is 0 Å². The fraction of sp³-hybridized carbons (Fsp3) is 0.200. The molecule has 24 heavy (non-hydrogen) atoms. The Hall–Kier alpha value is -2.39. The van der Waals surface area contributed by atoms with Crippen LogP contribution in [0.15, 0.2) is 40.5 Å². The quantitative estimate of drug-likeness (QED) is 0.619. The van der Waals surface area contributed by atoms with Crippen molar-refractivity contribution >= 4 is 45.9 Å². The second-order valence-corrected chi connectivity index (χ2v) is 6.77. The van der Waals surface area contributed by atoms with Crippen LogP contribution in [-0.4, -0.2) is 45.2 Å². The minimum absolute atomic E-state index is 0.238. The van der Waals surface area contributed by atoms with Crippen molar-refractivity contribution in [1.29, 1.82) is 0 Å². The van der Waals surface area contributed by atoms with E-state index in [0.717, 1.165) is 17.3 Å². The zero-order valence-electron chi connectivity index (χ0n) is 12.6. The van der Waals surface area contributed by atoms with Crippen LogP contribution in [0.25, 0.3) is 0 Å². The smallest absolute Gasteiger partial charge is 0.328 e. The number of methoxy groups -OCH3 is 1. The second-order valence-electron chi connectivity index (χ2n) is 5.05. The summed E-state index contributed by atoms with van der Waals surface area (Å²) in [5, 5.41) is 17.6. The van der Waals surface area contributed by atoms with Gasteiger partial charge in [-0.1, -0.05) is 24.0 Å². The topological polar surface area (TPSA) is 91.2 Å². The fourth-order valence-electron chi connectivity index (χ4n) is 2.34. The van der Waals surface area contributed by atoms with Crippen LogP contribution in [-0.2, 0) is 9.59 Å². The summed E-state index contributed by atoms with van der Waals surface area (Å²) in [6.07, 6.45) is 1.66. The lowest BCUT2D eigenvalue weighted by Crippen LogP contribution is -2.31. The van der Waals surface area contributed by atoms with Crippen molar-refractivity contribution < 1.29 is 19.4 Å². The van der Waals surface area contributed by atoms with Crippen molar-refractivity contribution in [2.24, 2.45) is 5.10 Å². The molecule has 0 radical (unpaired) electrons. The van der Waals surface area contributed by atoms with Gasteiger partial charge in [-0.05, 0) is 29.8 Å². The van der Waals surface area contributed by atoms with Gasteiger partial charge in [0, 0.05) is 12.6 Å². The number of carboxylic acids is 1. The summed E-state index contributed by atoms with van der Waals surface area (Å²) in [6.45, 7) is 0. The number of carbonyl (C=O) groups is 2. The third-order valence-corrected chi connectivity index (χ3v) is 4.69. The predicted molar refractivity (Wildman–Crippen MR) is 93.8 cm³/mol. The van der Waals surface area contributed by atoms with Gasteiger partial charge in [-0.25, -0.2) is 4.79 Å². The zero-order chi connectivity index (χ0) is 17.3. The molecular formula is C15H13N3O4S2. The molecule has 0 spiro atoms. The number of nitrogens with one attached hydrogen (secondary N) is 1.